The van der Waals surface area contributed by atoms with Crippen molar-refractivity contribution in [2.24, 2.45) is 0 Å². The Hall–Kier alpha value is -7.68. The number of nitrogens with zero attached hydrogens (tertiary/aromatic N) is 2. The van der Waals surface area contributed by atoms with Crippen LogP contribution in [0.3, 0.4) is 0 Å². The van der Waals surface area contributed by atoms with Crippen LogP contribution in [-0.4, -0.2) is 0 Å². The summed E-state index contributed by atoms with van der Waals surface area (Å²) in [4.78, 5) is 4.72. The number of rotatable bonds is 14. The fourth-order valence-electron chi connectivity index (χ4n) is 8.01. The summed E-state index contributed by atoms with van der Waals surface area (Å²) in [6.07, 6.45) is 17.9. The van der Waals surface area contributed by atoms with Gasteiger partial charge in [-0.2, -0.15) is 0 Å². The highest BCUT2D eigenvalue weighted by Crippen LogP contribution is 2.40. The SMILES string of the molecule is Cc1ccc(N(c2ccc(C=CC=CC=Cc3ccccc3)cc2)c2ccc(-c3ccc(N(c4ccc(/C=C\Cc5ccccc5)cc4)c4ccc(C)cc4C)cc3)cc2)c(C)c1. The van der Waals surface area contributed by atoms with Crippen LogP contribution in [0.1, 0.15) is 44.5 Å². The average Bonchev–Trinajstić information content (AvgIpc) is 3.31. The van der Waals surface area contributed by atoms with Crippen molar-refractivity contribution in [3.8, 4) is 11.1 Å². The van der Waals surface area contributed by atoms with E-state index in [2.05, 4.69) is 274 Å². The summed E-state index contributed by atoms with van der Waals surface area (Å²) in [5.74, 6) is 0. The third-order valence-electron chi connectivity index (χ3n) is 11.3. The van der Waals surface area contributed by atoms with Gasteiger partial charge in [0.1, 0.15) is 0 Å². The summed E-state index contributed by atoms with van der Waals surface area (Å²) in [6.45, 7) is 8.70. The summed E-state index contributed by atoms with van der Waals surface area (Å²) in [5, 5.41) is 0. The molecule has 0 aliphatic rings. The van der Waals surface area contributed by atoms with E-state index >= 15 is 0 Å². The van der Waals surface area contributed by atoms with Crippen molar-refractivity contribution >= 4 is 52.4 Å². The highest BCUT2D eigenvalue weighted by atomic mass is 15.1. The highest BCUT2D eigenvalue weighted by molar-refractivity contribution is 5.83. The van der Waals surface area contributed by atoms with Crippen molar-refractivity contribution in [2.45, 2.75) is 34.1 Å². The number of hydrogen-bond acceptors (Lipinski definition) is 2. The van der Waals surface area contributed by atoms with Crippen LogP contribution >= 0.6 is 0 Å². The predicted molar refractivity (Wildman–Crippen MR) is 273 cm³/mol. The molecule has 0 atom stereocenters. The van der Waals surface area contributed by atoms with Gasteiger partial charge in [-0.15, -0.1) is 0 Å². The van der Waals surface area contributed by atoms with E-state index < -0.39 is 0 Å². The zero-order valence-electron chi connectivity index (χ0n) is 36.7. The third kappa shape index (κ3) is 10.8. The minimum absolute atomic E-state index is 0.913. The quantitative estimate of drug-likeness (QED) is 0.101. The molecule has 0 aliphatic carbocycles. The van der Waals surface area contributed by atoms with Gasteiger partial charge in [0, 0.05) is 34.1 Å². The van der Waals surface area contributed by atoms with Gasteiger partial charge in [0.15, 0.2) is 0 Å². The first-order chi connectivity index (χ1) is 30.9. The van der Waals surface area contributed by atoms with Gasteiger partial charge in [-0.3, -0.25) is 0 Å². The molecule has 0 bridgehead atoms. The molecule has 0 aromatic heterocycles. The van der Waals surface area contributed by atoms with Gasteiger partial charge in [-0.1, -0.05) is 193 Å². The molecule has 0 saturated carbocycles. The molecule has 8 rings (SSSR count). The monoisotopic (exact) mass is 814 g/mol. The van der Waals surface area contributed by atoms with Crippen molar-refractivity contribution in [1.29, 1.82) is 0 Å². The number of benzene rings is 8. The van der Waals surface area contributed by atoms with Crippen molar-refractivity contribution in [3.05, 3.63) is 269 Å². The van der Waals surface area contributed by atoms with Crippen LogP contribution in [0.5, 0.6) is 0 Å². The first kappa shape index (κ1) is 42.0. The van der Waals surface area contributed by atoms with E-state index in [1.54, 1.807) is 0 Å². The standard InChI is InChI=1S/C61H54N2/c1-46-24-42-60(48(3)44-46)62(56-34-26-52(27-35-56)21-10-6-5-9-16-50-17-11-7-12-18-50)58-38-30-54(31-39-58)55-32-40-59(41-33-55)63(61-43-25-47(2)45-49(61)4)57-36-28-53(29-37-57)23-15-22-51-19-13-8-14-20-51/h5-21,23-45H,22H2,1-4H3/b6-5?,16-9?,21-10?,23-15-. The fraction of sp³-hybridized carbons (Fsp3) is 0.0820. The van der Waals surface area contributed by atoms with Crippen LogP contribution in [-0.2, 0) is 6.42 Å². The lowest BCUT2D eigenvalue weighted by Gasteiger charge is -2.28. The minimum Gasteiger partial charge on any atom is -0.310 e. The fourth-order valence-corrected chi connectivity index (χ4v) is 8.01. The Kier molecular flexibility index (Phi) is 13.5. The summed E-state index contributed by atoms with van der Waals surface area (Å²) in [5.41, 5.74) is 18.9. The molecule has 0 saturated heterocycles. The van der Waals surface area contributed by atoms with Gasteiger partial charge < -0.3 is 9.80 Å². The molecular weight excluding hydrogens is 761 g/mol. The molecule has 8 aromatic rings. The summed E-state index contributed by atoms with van der Waals surface area (Å²) >= 11 is 0. The lowest BCUT2D eigenvalue weighted by Crippen LogP contribution is -2.11. The highest BCUT2D eigenvalue weighted by Gasteiger charge is 2.17. The molecule has 0 fully saturated rings. The van der Waals surface area contributed by atoms with Gasteiger partial charge in [-0.05, 0) is 139 Å². The number of hydrogen-bond donors (Lipinski definition) is 0. The molecule has 0 N–H and O–H groups in total. The Morgan fingerprint density at radius 2 is 0.730 bits per heavy atom. The van der Waals surface area contributed by atoms with E-state index in [-0.39, 0.29) is 0 Å². The zero-order chi connectivity index (χ0) is 43.4. The molecule has 2 nitrogen and oxygen atoms in total. The topological polar surface area (TPSA) is 6.48 Å². The molecule has 63 heavy (non-hydrogen) atoms. The Morgan fingerprint density at radius 3 is 1.16 bits per heavy atom. The van der Waals surface area contributed by atoms with Crippen molar-refractivity contribution in [1.82, 2.24) is 0 Å². The second-order valence-electron chi connectivity index (χ2n) is 16.1. The first-order valence-electron chi connectivity index (χ1n) is 21.8. The van der Waals surface area contributed by atoms with E-state index in [1.807, 2.05) is 6.07 Å². The van der Waals surface area contributed by atoms with Crippen LogP contribution in [0, 0.1) is 27.7 Å². The number of aryl methyl sites for hydroxylation is 4. The maximum absolute atomic E-state index is 2.36. The molecule has 0 unspecified atom stereocenters. The molecule has 0 heterocycles. The summed E-state index contributed by atoms with van der Waals surface area (Å²) in [6, 6.07) is 69.9. The lowest BCUT2D eigenvalue weighted by molar-refractivity contribution is 1.23. The molecule has 0 spiro atoms. The first-order valence-corrected chi connectivity index (χ1v) is 21.8. The van der Waals surface area contributed by atoms with Crippen LogP contribution in [0.2, 0.25) is 0 Å². The Bertz CT molecular complexity index is 2850. The van der Waals surface area contributed by atoms with E-state index in [1.165, 1.54) is 55.8 Å². The van der Waals surface area contributed by atoms with Gasteiger partial charge in [0.25, 0.3) is 0 Å². The van der Waals surface area contributed by atoms with Gasteiger partial charge in [0.2, 0.25) is 0 Å². The van der Waals surface area contributed by atoms with Crippen LogP contribution in [0.25, 0.3) is 29.4 Å². The van der Waals surface area contributed by atoms with Crippen molar-refractivity contribution in [2.75, 3.05) is 9.80 Å². The summed E-state index contributed by atoms with van der Waals surface area (Å²) in [7, 11) is 0. The predicted octanol–water partition coefficient (Wildman–Crippen LogP) is 17.1. The van der Waals surface area contributed by atoms with E-state index in [9.17, 15) is 0 Å². The zero-order valence-corrected chi connectivity index (χ0v) is 36.7. The molecule has 0 radical (unpaired) electrons. The number of allylic oxidation sites excluding steroid dienone is 5. The average molecular weight is 815 g/mol. The molecule has 0 aliphatic heterocycles. The maximum Gasteiger partial charge on any atom is 0.0490 e. The molecule has 308 valence electrons. The normalized spacial score (nSPS) is 11.6. The molecule has 0 amide bonds. The maximum atomic E-state index is 2.36. The third-order valence-corrected chi connectivity index (χ3v) is 11.3. The smallest absolute Gasteiger partial charge is 0.0490 e. The van der Waals surface area contributed by atoms with Gasteiger partial charge in [-0.25, -0.2) is 0 Å². The molecule has 2 heteroatoms. The molecular formula is C61H54N2. The van der Waals surface area contributed by atoms with Gasteiger partial charge in [0.05, 0.1) is 0 Å². The van der Waals surface area contributed by atoms with E-state index in [0.29, 0.717) is 0 Å². The molecule has 8 aromatic carbocycles. The van der Waals surface area contributed by atoms with Crippen molar-refractivity contribution < 1.29 is 0 Å². The Labute approximate surface area is 374 Å². The Morgan fingerprint density at radius 1 is 0.349 bits per heavy atom. The second kappa shape index (κ2) is 20.3. The van der Waals surface area contributed by atoms with E-state index in [0.717, 1.165) is 40.4 Å². The number of anilines is 6. The Balaban J connectivity index is 1.02. The minimum atomic E-state index is 0.913. The van der Waals surface area contributed by atoms with Gasteiger partial charge >= 0.3 is 0 Å². The van der Waals surface area contributed by atoms with Crippen LogP contribution < -0.4 is 9.80 Å². The van der Waals surface area contributed by atoms with Crippen LogP contribution in [0.4, 0.5) is 34.1 Å². The lowest BCUT2D eigenvalue weighted by atomic mass is 10.0. The van der Waals surface area contributed by atoms with Crippen LogP contribution in [0.15, 0.2) is 225 Å². The summed E-state index contributed by atoms with van der Waals surface area (Å²) < 4.78 is 0. The second-order valence-corrected chi connectivity index (χ2v) is 16.1. The largest absolute Gasteiger partial charge is 0.310 e. The van der Waals surface area contributed by atoms with E-state index in [4.69, 9.17) is 0 Å². The van der Waals surface area contributed by atoms with Crippen molar-refractivity contribution in [3.63, 3.8) is 0 Å².